The summed E-state index contributed by atoms with van der Waals surface area (Å²) in [7, 11) is 1.47. The highest BCUT2D eigenvalue weighted by Crippen LogP contribution is 2.32. The van der Waals surface area contributed by atoms with E-state index >= 15 is 0 Å². The summed E-state index contributed by atoms with van der Waals surface area (Å²) in [5.41, 5.74) is 7.02. The lowest BCUT2D eigenvalue weighted by Crippen LogP contribution is -2.14. The molecule has 0 spiro atoms. The van der Waals surface area contributed by atoms with Gasteiger partial charge < -0.3 is 10.5 Å². The number of hydrogen-bond donors (Lipinski definition) is 1. The van der Waals surface area contributed by atoms with Gasteiger partial charge in [0.25, 0.3) is 0 Å². The van der Waals surface area contributed by atoms with E-state index in [0.29, 0.717) is 16.9 Å². The minimum atomic E-state index is -0.696. The largest absolute Gasteiger partial charge is 0.496 e. The first kappa shape index (κ1) is 13.8. The number of halogens is 3. The lowest BCUT2D eigenvalue weighted by molar-refractivity contribution is 0.406. The Morgan fingerprint density at radius 2 is 1.68 bits per heavy atom. The van der Waals surface area contributed by atoms with Crippen molar-refractivity contribution in [3.8, 4) is 5.75 Å². The number of hydrogen-bond acceptors (Lipinski definition) is 2. The van der Waals surface area contributed by atoms with Crippen LogP contribution in [0.4, 0.5) is 8.78 Å². The molecule has 0 radical (unpaired) electrons. The topological polar surface area (TPSA) is 35.2 Å². The zero-order chi connectivity index (χ0) is 14.0. The van der Waals surface area contributed by atoms with Crippen molar-refractivity contribution >= 4 is 11.6 Å². The van der Waals surface area contributed by atoms with Crippen molar-refractivity contribution in [2.45, 2.75) is 6.04 Å². The fourth-order valence-electron chi connectivity index (χ4n) is 1.87. The van der Waals surface area contributed by atoms with Crippen LogP contribution >= 0.6 is 11.6 Å². The third-order valence-electron chi connectivity index (χ3n) is 2.82. The summed E-state index contributed by atoms with van der Waals surface area (Å²) in [5.74, 6) is -0.425. The molecule has 0 fully saturated rings. The lowest BCUT2D eigenvalue weighted by atomic mass is 9.98. The van der Waals surface area contributed by atoms with Gasteiger partial charge in [-0.05, 0) is 35.9 Å². The molecule has 1 atom stereocenters. The predicted molar refractivity (Wildman–Crippen MR) is 70.4 cm³/mol. The van der Waals surface area contributed by atoms with E-state index in [2.05, 4.69) is 0 Å². The fraction of sp³-hybridized carbons (Fsp3) is 0.143. The second-order valence-corrected chi connectivity index (χ2v) is 4.44. The zero-order valence-electron chi connectivity index (χ0n) is 10.2. The lowest BCUT2D eigenvalue weighted by Gasteiger charge is -2.17. The standard InChI is InChI=1S/C14H12ClF2NO/c1-19-13-5-3-8(16)6-11(13)14(18)10-4-2-9(17)7-12(10)15/h2-7,14H,18H2,1H3. The first-order valence-corrected chi connectivity index (χ1v) is 5.94. The van der Waals surface area contributed by atoms with Gasteiger partial charge in [-0.15, -0.1) is 0 Å². The first-order chi connectivity index (χ1) is 9.02. The van der Waals surface area contributed by atoms with Gasteiger partial charge >= 0.3 is 0 Å². The molecular formula is C14H12ClF2NO. The predicted octanol–water partition coefficient (Wildman–Crippen LogP) is 3.67. The molecule has 0 heterocycles. The van der Waals surface area contributed by atoms with Gasteiger partial charge in [-0.25, -0.2) is 8.78 Å². The summed E-state index contributed by atoms with van der Waals surface area (Å²) in [5, 5.41) is 0.193. The maximum absolute atomic E-state index is 13.3. The van der Waals surface area contributed by atoms with Gasteiger partial charge in [0.05, 0.1) is 13.2 Å². The number of benzene rings is 2. The Morgan fingerprint density at radius 1 is 1.05 bits per heavy atom. The molecular weight excluding hydrogens is 272 g/mol. The van der Waals surface area contributed by atoms with Gasteiger partial charge in [-0.1, -0.05) is 17.7 Å². The second-order valence-electron chi connectivity index (χ2n) is 4.03. The molecule has 0 bridgehead atoms. The van der Waals surface area contributed by atoms with Crippen LogP contribution < -0.4 is 10.5 Å². The van der Waals surface area contributed by atoms with Crippen molar-refractivity contribution in [1.29, 1.82) is 0 Å². The molecule has 0 saturated carbocycles. The Kier molecular flexibility index (Phi) is 4.02. The molecule has 0 aromatic heterocycles. The maximum atomic E-state index is 13.3. The van der Waals surface area contributed by atoms with Crippen molar-refractivity contribution in [2.75, 3.05) is 7.11 Å². The molecule has 2 rings (SSSR count). The van der Waals surface area contributed by atoms with E-state index in [4.69, 9.17) is 22.1 Å². The van der Waals surface area contributed by atoms with E-state index in [0.717, 1.165) is 0 Å². The summed E-state index contributed by atoms with van der Waals surface area (Å²) in [6, 6.07) is 7.26. The van der Waals surface area contributed by atoms with Crippen LogP contribution in [0.25, 0.3) is 0 Å². The molecule has 2 nitrogen and oxygen atoms in total. The van der Waals surface area contributed by atoms with Crippen LogP contribution in [0.1, 0.15) is 17.2 Å². The van der Waals surface area contributed by atoms with Gasteiger partial charge in [0.1, 0.15) is 17.4 Å². The molecule has 0 saturated heterocycles. The summed E-state index contributed by atoms with van der Waals surface area (Å²) < 4.78 is 31.5. The van der Waals surface area contributed by atoms with Gasteiger partial charge in [0.15, 0.2) is 0 Å². The van der Waals surface area contributed by atoms with Crippen molar-refractivity contribution < 1.29 is 13.5 Å². The van der Waals surface area contributed by atoms with E-state index in [1.807, 2.05) is 0 Å². The highest BCUT2D eigenvalue weighted by Gasteiger charge is 2.17. The highest BCUT2D eigenvalue weighted by atomic mass is 35.5. The van der Waals surface area contributed by atoms with Crippen LogP contribution in [0.5, 0.6) is 5.75 Å². The molecule has 0 amide bonds. The first-order valence-electron chi connectivity index (χ1n) is 5.57. The molecule has 0 aliphatic carbocycles. The number of rotatable bonds is 3. The molecule has 100 valence electrons. The molecule has 2 aromatic rings. The average molecular weight is 284 g/mol. The summed E-state index contributed by atoms with van der Waals surface area (Å²) >= 11 is 5.96. The minimum absolute atomic E-state index is 0.193. The Balaban J connectivity index is 2.49. The van der Waals surface area contributed by atoms with Crippen LogP contribution in [-0.4, -0.2) is 7.11 Å². The van der Waals surface area contributed by atoms with Crippen LogP contribution in [0.2, 0.25) is 5.02 Å². The van der Waals surface area contributed by atoms with E-state index in [9.17, 15) is 8.78 Å². The quantitative estimate of drug-likeness (QED) is 0.933. The van der Waals surface area contributed by atoms with Crippen LogP contribution in [0, 0.1) is 11.6 Å². The molecule has 1 unspecified atom stereocenters. The van der Waals surface area contributed by atoms with Crippen molar-refractivity contribution in [2.24, 2.45) is 5.73 Å². The van der Waals surface area contributed by atoms with Gasteiger partial charge in [-0.2, -0.15) is 0 Å². The molecule has 5 heteroatoms. The average Bonchev–Trinajstić information content (AvgIpc) is 2.38. The molecule has 0 aliphatic rings. The zero-order valence-corrected chi connectivity index (χ0v) is 10.9. The Morgan fingerprint density at radius 3 is 2.32 bits per heavy atom. The smallest absolute Gasteiger partial charge is 0.124 e. The number of nitrogens with two attached hydrogens (primary N) is 1. The SMILES string of the molecule is COc1ccc(F)cc1C(N)c1ccc(F)cc1Cl. The minimum Gasteiger partial charge on any atom is -0.496 e. The molecule has 0 aliphatic heterocycles. The molecule has 19 heavy (non-hydrogen) atoms. The summed E-state index contributed by atoms with van der Waals surface area (Å²) in [6.07, 6.45) is 0. The van der Waals surface area contributed by atoms with Gasteiger partial charge in [-0.3, -0.25) is 0 Å². The fourth-order valence-corrected chi connectivity index (χ4v) is 2.15. The van der Waals surface area contributed by atoms with E-state index in [-0.39, 0.29) is 5.02 Å². The summed E-state index contributed by atoms with van der Waals surface area (Å²) in [6.45, 7) is 0. The van der Waals surface area contributed by atoms with Gasteiger partial charge in [0, 0.05) is 10.6 Å². The summed E-state index contributed by atoms with van der Waals surface area (Å²) in [4.78, 5) is 0. The van der Waals surface area contributed by atoms with Crippen LogP contribution in [0.15, 0.2) is 36.4 Å². The van der Waals surface area contributed by atoms with Crippen molar-refractivity contribution in [3.63, 3.8) is 0 Å². The monoisotopic (exact) mass is 283 g/mol. The number of ether oxygens (including phenoxy) is 1. The Hall–Kier alpha value is -1.65. The van der Waals surface area contributed by atoms with E-state index < -0.39 is 17.7 Å². The van der Waals surface area contributed by atoms with E-state index in [1.54, 1.807) is 0 Å². The van der Waals surface area contributed by atoms with Crippen LogP contribution in [-0.2, 0) is 0 Å². The maximum Gasteiger partial charge on any atom is 0.124 e. The van der Waals surface area contributed by atoms with E-state index in [1.165, 1.54) is 43.5 Å². The highest BCUT2D eigenvalue weighted by molar-refractivity contribution is 6.31. The number of methoxy groups -OCH3 is 1. The Bertz CT molecular complexity index is 604. The normalized spacial score (nSPS) is 12.3. The van der Waals surface area contributed by atoms with Gasteiger partial charge in [0.2, 0.25) is 0 Å². The van der Waals surface area contributed by atoms with Crippen molar-refractivity contribution in [1.82, 2.24) is 0 Å². The Labute approximate surface area is 114 Å². The molecule has 2 N–H and O–H groups in total. The third kappa shape index (κ3) is 2.85. The van der Waals surface area contributed by atoms with Crippen LogP contribution in [0.3, 0.4) is 0 Å². The second kappa shape index (κ2) is 5.55. The third-order valence-corrected chi connectivity index (χ3v) is 3.15. The van der Waals surface area contributed by atoms with Crippen molar-refractivity contribution in [3.05, 3.63) is 64.2 Å². The molecule has 2 aromatic carbocycles.